The van der Waals surface area contributed by atoms with Gasteiger partial charge >= 0.3 is 5.97 Å². The molecule has 5 nitrogen and oxygen atoms in total. The Balaban J connectivity index is 1.77. The van der Waals surface area contributed by atoms with Gasteiger partial charge in [0.25, 0.3) is 5.91 Å². The van der Waals surface area contributed by atoms with Gasteiger partial charge in [-0.2, -0.15) is 0 Å². The summed E-state index contributed by atoms with van der Waals surface area (Å²) in [5, 5.41) is 12.0. The summed E-state index contributed by atoms with van der Waals surface area (Å²) in [6, 6.07) is 5.82. The Kier molecular flexibility index (Phi) is 4.16. The number of aryl methyl sites for hydroxylation is 2. The molecule has 118 valence electrons. The lowest BCUT2D eigenvalue weighted by Crippen LogP contribution is -2.50. The smallest absolute Gasteiger partial charge is 0.305 e. The van der Waals surface area contributed by atoms with Gasteiger partial charge in [-0.25, -0.2) is 0 Å². The number of benzene rings is 1. The number of hydrogen-bond donors (Lipinski definition) is 2. The van der Waals surface area contributed by atoms with E-state index in [1.165, 1.54) is 17.5 Å². The Morgan fingerprint density at radius 2 is 2.00 bits per heavy atom. The number of carbonyl (C=O) groups excluding carboxylic acids is 1. The van der Waals surface area contributed by atoms with Gasteiger partial charge in [0.1, 0.15) is 0 Å². The van der Waals surface area contributed by atoms with Gasteiger partial charge in [-0.15, -0.1) is 0 Å². The van der Waals surface area contributed by atoms with Crippen LogP contribution in [-0.2, 0) is 22.4 Å². The molecule has 1 aliphatic heterocycles. The molecule has 1 aromatic rings. The summed E-state index contributed by atoms with van der Waals surface area (Å²) in [6.07, 6.45) is 4.89. The van der Waals surface area contributed by atoms with E-state index in [1.54, 1.807) is 0 Å². The Hall–Kier alpha value is -1.88. The minimum Gasteiger partial charge on any atom is -0.481 e. The van der Waals surface area contributed by atoms with E-state index in [9.17, 15) is 9.59 Å². The Bertz CT molecular complexity index is 590. The summed E-state index contributed by atoms with van der Waals surface area (Å²) >= 11 is 0. The number of carboxylic acid groups (broad SMARTS) is 1. The molecule has 5 heteroatoms. The van der Waals surface area contributed by atoms with Gasteiger partial charge in [0, 0.05) is 12.2 Å². The van der Waals surface area contributed by atoms with Crippen LogP contribution in [0.5, 0.6) is 0 Å². The lowest BCUT2D eigenvalue weighted by molar-refractivity contribution is -0.138. The first kappa shape index (κ1) is 15.0. The average Bonchev–Trinajstić information content (AvgIpc) is 2.94. The highest BCUT2D eigenvalue weighted by Gasteiger charge is 2.38. The van der Waals surface area contributed by atoms with Crippen LogP contribution in [0.3, 0.4) is 0 Å². The molecule has 3 rings (SSSR count). The molecule has 0 spiro atoms. The maximum atomic E-state index is 12.5. The molecule has 1 heterocycles. The standard InChI is InChI=1S/C17H21NO4/c19-15(20)10-17(7-8-22-11-17)18-16(21)14-6-5-12-3-1-2-4-13(12)9-14/h5-6,9H,1-4,7-8,10-11H2,(H,18,21)(H,19,20). The molecule has 1 amide bonds. The number of fused-ring (bicyclic) bond motifs is 1. The van der Waals surface area contributed by atoms with E-state index in [2.05, 4.69) is 5.32 Å². The van der Waals surface area contributed by atoms with Gasteiger partial charge in [0.05, 0.1) is 18.6 Å². The second-order valence-electron chi connectivity index (χ2n) is 6.30. The van der Waals surface area contributed by atoms with Gasteiger partial charge in [-0.3, -0.25) is 9.59 Å². The van der Waals surface area contributed by atoms with Crippen molar-refractivity contribution in [3.8, 4) is 0 Å². The minimum atomic E-state index is -0.920. The van der Waals surface area contributed by atoms with Crippen molar-refractivity contribution in [2.75, 3.05) is 13.2 Å². The maximum Gasteiger partial charge on any atom is 0.305 e. The first-order valence-electron chi connectivity index (χ1n) is 7.82. The molecular weight excluding hydrogens is 282 g/mol. The highest BCUT2D eigenvalue weighted by atomic mass is 16.5. The molecule has 22 heavy (non-hydrogen) atoms. The minimum absolute atomic E-state index is 0.107. The zero-order valence-electron chi connectivity index (χ0n) is 12.6. The summed E-state index contributed by atoms with van der Waals surface area (Å²) in [7, 11) is 0. The van der Waals surface area contributed by atoms with Crippen molar-refractivity contribution in [3.05, 3.63) is 34.9 Å². The molecule has 2 N–H and O–H groups in total. The third-order valence-corrected chi connectivity index (χ3v) is 4.58. The number of hydrogen-bond acceptors (Lipinski definition) is 3. The van der Waals surface area contributed by atoms with Crippen molar-refractivity contribution >= 4 is 11.9 Å². The van der Waals surface area contributed by atoms with Gasteiger partial charge in [0.15, 0.2) is 0 Å². The molecule has 1 aromatic carbocycles. The SMILES string of the molecule is O=C(O)CC1(NC(=O)c2ccc3c(c2)CCCC3)CCOC1. The molecule has 1 atom stereocenters. The first-order chi connectivity index (χ1) is 10.6. The Labute approximate surface area is 129 Å². The summed E-state index contributed by atoms with van der Waals surface area (Å²) in [6.45, 7) is 0.744. The van der Waals surface area contributed by atoms with Crippen molar-refractivity contribution in [1.29, 1.82) is 0 Å². The van der Waals surface area contributed by atoms with Gasteiger partial charge in [-0.05, 0) is 55.4 Å². The number of aliphatic carboxylic acids is 1. The molecule has 1 aliphatic carbocycles. The topological polar surface area (TPSA) is 75.6 Å². The largest absolute Gasteiger partial charge is 0.481 e. The van der Waals surface area contributed by atoms with E-state index in [0.29, 0.717) is 18.6 Å². The zero-order chi connectivity index (χ0) is 15.6. The lowest BCUT2D eigenvalue weighted by Gasteiger charge is -2.27. The fourth-order valence-corrected chi connectivity index (χ4v) is 3.37. The van der Waals surface area contributed by atoms with Crippen LogP contribution in [0, 0.1) is 0 Å². The molecule has 0 aromatic heterocycles. The number of rotatable bonds is 4. The number of nitrogens with one attached hydrogen (secondary N) is 1. The van der Waals surface area contributed by atoms with Crippen LogP contribution in [0.4, 0.5) is 0 Å². The fraction of sp³-hybridized carbons (Fsp3) is 0.529. The second-order valence-corrected chi connectivity index (χ2v) is 6.30. The van der Waals surface area contributed by atoms with Crippen molar-refractivity contribution in [2.24, 2.45) is 0 Å². The molecule has 0 saturated carbocycles. The quantitative estimate of drug-likeness (QED) is 0.891. The summed E-state index contributed by atoms with van der Waals surface area (Å²) in [4.78, 5) is 23.6. The fourth-order valence-electron chi connectivity index (χ4n) is 3.37. The third kappa shape index (κ3) is 3.14. The predicted octanol–water partition coefficient (Wildman–Crippen LogP) is 1.93. The number of carboxylic acids is 1. The number of ether oxygens (including phenoxy) is 1. The molecule has 2 aliphatic rings. The summed E-state index contributed by atoms with van der Waals surface area (Å²) in [5.41, 5.74) is 2.40. The van der Waals surface area contributed by atoms with Crippen LogP contribution >= 0.6 is 0 Å². The molecule has 1 unspecified atom stereocenters. The zero-order valence-corrected chi connectivity index (χ0v) is 12.6. The first-order valence-corrected chi connectivity index (χ1v) is 7.82. The van der Waals surface area contributed by atoms with Crippen LogP contribution in [0.15, 0.2) is 18.2 Å². The molecular formula is C17H21NO4. The van der Waals surface area contributed by atoms with Crippen molar-refractivity contribution < 1.29 is 19.4 Å². The highest BCUT2D eigenvalue weighted by Crippen LogP contribution is 2.25. The van der Waals surface area contributed by atoms with Gasteiger partial charge in [0.2, 0.25) is 0 Å². The number of amides is 1. The molecule has 0 bridgehead atoms. The van der Waals surface area contributed by atoms with Crippen LogP contribution < -0.4 is 5.32 Å². The van der Waals surface area contributed by atoms with E-state index in [0.717, 1.165) is 19.3 Å². The molecule has 0 radical (unpaired) electrons. The van der Waals surface area contributed by atoms with E-state index in [4.69, 9.17) is 9.84 Å². The van der Waals surface area contributed by atoms with E-state index in [-0.39, 0.29) is 18.9 Å². The van der Waals surface area contributed by atoms with E-state index >= 15 is 0 Å². The van der Waals surface area contributed by atoms with Crippen LogP contribution in [0.25, 0.3) is 0 Å². The van der Waals surface area contributed by atoms with Crippen molar-refractivity contribution in [1.82, 2.24) is 5.32 Å². The highest BCUT2D eigenvalue weighted by molar-refractivity contribution is 5.95. The predicted molar refractivity (Wildman–Crippen MR) is 81.0 cm³/mol. The normalized spacial score (nSPS) is 23.8. The van der Waals surface area contributed by atoms with E-state index < -0.39 is 11.5 Å². The number of carbonyl (C=O) groups is 2. The Morgan fingerprint density at radius 3 is 2.68 bits per heavy atom. The van der Waals surface area contributed by atoms with Crippen molar-refractivity contribution in [2.45, 2.75) is 44.1 Å². The second kappa shape index (κ2) is 6.08. The monoisotopic (exact) mass is 303 g/mol. The summed E-state index contributed by atoms with van der Waals surface area (Å²) < 4.78 is 5.31. The van der Waals surface area contributed by atoms with Crippen molar-refractivity contribution in [3.63, 3.8) is 0 Å². The molecule has 1 saturated heterocycles. The molecule has 1 fully saturated rings. The average molecular weight is 303 g/mol. The van der Waals surface area contributed by atoms with Crippen LogP contribution in [0.1, 0.15) is 47.2 Å². The summed E-state index contributed by atoms with van der Waals surface area (Å²) in [5.74, 6) is -1.13. The van der Waals surface area contributed by atoms with Crippen LogP contribution in [-0.4, -0.2) is 35.7 Å². The van der Waals surface area contributed by atoms with Gasteiger partial charge < -0.3 is 15.2 Å². The van der Waals surface area contributed by atoms with Crippen LogP contribution in [0.2, 0.25) is 0 Å². The third-order valence-electron chi connectivity index (χ3n) is 4.58. The lowest BCUT2D eigenvalue weighted by atomic mass is 9.89. The van der Waals surface area contributed by atoms with E-state index in [1.807, 2.05) is 18.2 Å². The maximum absolute atomic E-state index is 12.5. The Morgan fingerprint density at radius 1 is 1.23 bits per heavy atom. The van der Waals surface area contributed by atoms with Gasteiger partial charge in [-0.1, -0.05) is 6.07 Å².